The molecule has 0 radical (unpaired) electrons. The van der Waals surface area contributed by atoms with Crippen molar-refractivity contribution in [2.75, 3.05) is 5.32 Å². The molecule has 1 rings (SSSR count). The van der Waals surface area contributed by atoms with Crippen molar-refractivity contribution in [2.45, 2.75) is 39.7 Å². The van der Waals surface area contributed by atoms with Crippen LogP contribution in [0.2, 0.25) is 0 Å². The number of nitrogens with zero attached hydrogens (tertiary/aromatic N) is 2. The van der Waals surface area contributed by atoms with E-state index in [1.807, 2.05) is 13.8 Å². The molecule has 0 saturated carbocycles. The summed E-state index contributed by atoms with van der Waals surface area (Å²) in [6.07, 6.45) is 2.07. The van der Waals surface area contributed by atoms with Crippen molar-refractivity contribution < 1.29 is 14.3 Å². The molecule has 1 aromatic heterocycles. The monoisotopic (exact) mass is 255 g/mol. The summed E-state index contributed by atoms with van der Waals surface area (Å²) < 4.78 is 13.9. The maximum Gasteiger partial charge on any atom is 0.326 e. The molecular weight excluding hydrogens is 237 g/mol. The van der Waals surface area contributed by atoms with Crippen LogP contribution in [-0.4, -0.2) is 27.1 Å². The van der Waals surface area contributed by atoms with Gasteiger partial charge in [0.15, 0.2) is 11.6 Å². The number of carbonyl (C=O) groups is 1. The maximum absolute atomic E-state index is 13.9. The van der Waals surface area contributed by atoms with E-state index in [-0.39, 0.29) is 17.4 Å². The van der Waals surface area contributed by atoms with E-state index in [9.17, 15) is 9.18 Å². The molecule has 1 heterocycles. The SMILES string of the molecule is CCc1ncnc(NC(CC(C)C)C(=O)O)c1F. The predicted octanol–water partition coefficient (Wildman–Crippen LogP) is 2.09. The number of anilines is 1. The number of aliphatic carboxylic acids is 1. The van der Waals surface area contributed by atoms with Crippen LogP contribution in [0.5, 0.6) is 0 Å². The third-order valence-electron chi connectivity index (χ3n) is 2.51. The van der Waals surface area contributed by atoms with E-state index in [1.165, 1.54) is 6.33 Å². The first-order valence-electron chi connectivity index (χ1n) is 5.94. The second kappa shape index (κ2) is 6.28. The molecule has 1 unspecified atom stereocenters. The highest BCUT2D eigenvalue weighted by Crippen LogP contribution is 2.16. The van der Waals surface area contributed by atoms with Crippen LogP contribution in [0.4, 0.5) is 10.2 Å². The van der Waals surface area contributed by atoms with Crippen LogP contribution in [0.25, 0.3) is 0 Å². The molecule has 0 amide bonds. The summed E-state index contributed by atoms with van der Waals surface area (Å²) in [4.78, 5) is 18.6. The molecule has 0 spiro atoms. The highest BCUT2D eigenvalue weighted by molar-refractivity contribution is 5.76. The molecule has 0 bridgehead atoms. The molecule has 0 aliphatic carbocycles. The molecular formula is C12H18FN3O2. The zero-order valence-electron chi connectivity index (χ0n) is 10.8. The van der Waals surface area contributed by atoms with Gasteiger partial charge in [-0.25, -0.2) is 19.2 Å². The number of rotatable bonds is 6. The Morgan fingerprint density at radius 2 is 2.17 bits per heavy atom. The van der Waals surface area contributed by atoms with Gasteiger partial charge in [0.05, 0.1) is 5.69 Å². The third-order valence-corrected chi connectivity index (χ3v) is 2.51. The van der Waals surface area contributed by atoms with Gasteiger partial charge in [0.25, 0.3) is 0 Å². The first-order chi connectivity index (χ1) is 8.45. The van der Waals surface area contributed by atoms with Gasteiger partial charge >= 0.3 is 5.97 Å². The van der Waals surface area contributed by atoms with Crippen LogP contribution in [0.3, 0.4) is 0 Å². The van der Waals surface area contributed by atoms with Crippen LogP contribution < -0.4 is 5.32 Å². The Labute approximate surface area is 105 Å². The lowest BCUT2D eigenvalue weighted by Gasteiger charge is -2.17. The van der Waals surface area contributed by atoms with Crippen molar-refractivity contribution in [2.24, 2.45) is 5.92 Å². The summed E-state index contributed by atoms with van der Waals surface area (Å²) in [5.41, 5.74) is 0.279. The molecule has 0 fully saturated rings. The van der Waals surface area contributed by atoms with Crippen LogP contribution in [-0.2, 0) is 11.2 Å². The van der Waals surface area contributed by atoms with Crippen molar-refractivity contribution in [1.82, 2.24) is 9.97 Å². The lowest BCUT2D eigenvalue weighted by molar-refractivity contribution is -0.138. The Balaban J connectivity index is 2.90. The van der Waals surface area contributed by atoms with Crippen molar-refractivity contribution in [1.29, 1.82) is 0 Å². The van der Waals surface area contributed by atoms with Gasteiger partial charge in [-0.2, -0.15) is 0 Å². The first kappa shape index (κ1) is 14.3. The molecule has 0 saturated heterocycles. The number of halogens is 1. The molecule has 0 aliphatic heterocycles. The Hall–Kier alpha value is -1.72. The molecule has 5 nitrogen and oxygen atoms in total. The third kappa shape index (κ3) is 3.65. The van der Waals surface area contributed by atoms with Gasteiger partial charge in [-0.1, -0.05) is 20.8 Å². The lowest BCUT2D eigenvalue weighted by Crippen LogP contribution is -2.31. The minimum Gasteiger partial charge on any atom is -0.480 e. The van der Waals surface area contributed by atoms with Gasteiger partial charge < -0.3 is 10.4 Å². The second-order valence-corrected chi connectivity index (χ2v) is 4.50. The fraction of sp³-hybridized carbons (Fsp3) is 0.583. The van der Waals surface area contributed by atoms with E-state index in [0.29, 0.717) is 12.8 Å². The molecule has 100 valence electrons. The average Bonchev–Trinajstić information content (AvgIpc) is 2.30. The van der Waals surface area contributed by atoms with Gasteiger partial charge in [-0.05, 0) is 18.8 Å². The summed E-state index contributed by atoms with van der Waals surface area (Å²) in [5, 5.41) is 11.7. The Morgan fingerprint density at radius 3 is 2.67 bits per heavy atom. The van der Waals surface area contributed by atoms with E-state index in [0.717, 1.165) is 0 Å². The van der Waals surface area contributed by atoms with Gasteiger partial charge in [0.1, 0.15) is 12.4 Å². The Bertz CT molecular complexity index is 424. The van der Waals surface area contributed by atoms with Gasteiger partial charge in [-0.3, -0.25) is 0 Å². The number of aromatic nitrogens is 2. The molecule has 18 heavy (non-hydrogen) atoms. The molecule has 2 N–H and O–H groups in total. The van der Waals surface area contributed by atoms with E-state index in [4.69, 9.17) is 5.11 Å². The number of carboxylic acid groups (broad SMARTS) is 1. The summed E-state index contributed by atoms with van der Waals surface area (Å²) in [7, 11) is 0. The first-order valence-corrected chi connectivity index (χ1v) is 5.94. The number of hydrogen-bond acceptors (Lipinski definition) is 4. The van der Waals surface area contributed by atoms with E-state index in [1.54, 1.807) is 6.92 Å². The fourth-order valence-electron chi connectivity index (χ4n) is 1.61. The maximum atomic E-state index is 13.9. The minimum absolute atomic E-state index is 0.0464. The van der Waals surface area contributed by atoms with Crippen LogP contribution in [0.1, 0.15) is 32.9 Å². The largest absolute Gasteiger partial charge is 0.480 e. The van der Waals surface area contributed by atoms with Crippen LogP contribution in [0, 0.1) is 11.7 Å². The van der Waals surface area contributed by atoms with Gasteiger partial charge in [0.2, 0.25) is 0 Å². The Kier molecular flexibility index (Phi) is 5.00. The number of carboxylic acids is 1. The number of nitrogens with one attached hydrogen (secondary N) is 1. The topological polar surface area (TPSA) is 75.1 Å². The normalized spacial score (nSPS) is 12.5. The fourth-order valence-corrected chi connectivity index (χ4v) is 1.61. The quantitative estimate of drug-likeness (QED) is 0.814. The van der Waals surface area contributed by atoms with E-state index >= 15 is 0 Å². The summed E-state index contributed by atoms with van der Waals surface area (Å²) in [5.74, 6) is -1.45. The summed E-state index contributed by atoms with van der Waals surface area (Å²) in [6.45, 7) is 5.59. The Morgan fingerprint density at radius 1 is 1.50 bits per heavy atom. The van der Waals surface area contributed by atoms with Crippen molar-refractivity contribution >= 4 is 11.8 Å². The number of hydrogen-bond donors (Lipinski definition) is 2. The summed E-state index contributed by atoms with van der Waals surface area (Å²) in [6, 6.07) is -0.848. The number of aryl methyl sites for hydroxylation is 1. The van der Waals surface area contributed by atoms with Crippen molar-refractivity contribution in [3.63, 3.8) is 0 Å². The van der Waals surface area contributed by atoms with Gasteiger partial charge in [0, 0.05) is 0 Å². The zero-order chi connectivity index (χ0) is 13.7. The molecule has 1 atom stereocenters. The van der Waals surface area contributed by atoms with Crippen LogP contribution >= 0.6 is 0 Å². The van der Waals surface area contributed by atoms with E-state index < -0.39 is 17.8 Å². The van der Waals surface area contributed by atoms with E-state index in [2.05, 4.69) is 15.3 Å². The van der Waals surface area contributed by atoms with Crippen molar-refractivity contribution in [3.8, 4) is 0 Å². The second-order valence-electron chi connectivity index (χ2n) is 4.50. The van der Waals surface area contributed by atoms with Crippen molar-refractivity contribution in [3.05, 3.63) is 17.8 Å². The molecule has 0 aliphatic rings. The van der Waals surface area contributed by atoms with Crippen LogP contribution in [0.15, 0.2) is 6.33 Å². The molecule has 1 aromatic rings. The highest BCUT2D eigenvalue weighted by atomic mass is 19.1. The smallest absolute Gasteiger partial charge is 0.326 e. The predicted molar refractivity (Wildman–Crippen MR) is 65.9 cm³/mol. The zero-order valence-corrected chi connectivity index (χ0v) is 10.8. The lowest BCUT2D eigenvalue weighted by atomic mass is 10.0. The standard InChI is InChI=1S/C12H18FN3O2/c1-4-8-10(13)11(15-6-14-8)16-9(12(17)18)5-7(2)3/h6-7,9H,4-5H2,1-3H3,(H,17,18)(H,14,15,16). The minimum atomic E-state index is -1.01. The molecule has 0 aromatic carbocycles. The average molecular weight is 255 g/mol. The van der Waals surface area contributed by atoms with Gasteiger partial charge in [-0.15, -0.1) is 0 Å². The summed E-state index contributed by atoms with van der Waals surface area (Å²) >= 11 is 0. The highest BCUT2D eigenvalue weighted by Gasteiger charge is 2.21. The molecule has 6 heteroatoms.